The lowest BCUT2D eigenvalue weighted by Crippen LogP contribution is -1.92. The molecule has 1 aromatic carbocycles. The van der Waals surface area contributed by atoms with Gasteiger partial charge in [-0.05, 0) is 41.3 Å². The molecule has 0 saturated heterocycles. The lowest BCUT2D eigenvalue weighted by Gasteiger charge is -2.03. The number of ether oxygens (including phenoxy) is 1. The number of rotatable bonds is 5. The fourth-order valence-electron chi connectivity index (χ4n) is 2.13. The zero-order chi connectivity index (χ0) is 14.5. The summed E-state index contributed by atoms with van der Waals surface area (Å²) in [4.78, 5) is 5.80. The first kappa shape index (κ1) is 13.6. The molecule has 0 atom stereocenters. The van der Waals surface area contributed by atoms with E-state index in [4.69, 9.17) is 4.74 Å². The van der Waals surface area contributed by atoms with Crippen molar-refractivity contribution in [2.24, 2.45) is 4.99 Å². The Balaban J connectivity index is 1.73. The van der Waals surface area contributed by atoms with Crippen LogP contribution in [0.25, 0.3) is 5.69 Å². The van der Waals surface area contributed by atoms with E-state index in [1.165, 1.54) is 10.6 Å². The average molecular weight is 296 g/mol. The van der Waals surface area contributed by atoms with Gasteiger partial charge in [-0.2, -0.15) is 0 Å². The van der Waals surface area contributed by atoms with Crippen molar-refractivity contribution in [3.05, 3.63) is 70.7 Å². The number of benzene rings is 1. The summed E-state index contributed by atoms with van der Waals surface area (Å²) in [6.07, 6.45) is 6.00. The van der Waals surface area contributed by atoms with E-state index < -0.39 is 0 Å². The molecular formula is C17H16N2OS. The lowest BCUT2D eigenvalue weighted by atomic mass is 10.2. The molecule has 0 amide bonds. The maximum atomic E-state index is 5.21. The molecule has 0 spiro atoms. The Morgan fingerprint density at radius 3 is 2.86 bits per heavy atom. The largest absolute Gasteiger partial charge is 0.497 e. The van der Waals surface area contributed by atoms with Gasteiger partial charge in [-0.15, -0.1) is 11.3 Å². The van der Waals surface area contributed by atoms with Crippen molar-refractivity contribution < 1.29 is 4.74 Å². The summed E-state index contributed by atoms with van der Waals surface area (Å²) in [6, 6.07) is 14.1. The van der Waals surface area contributed by atoms with Gasteiger partial charge in [-0.3, -0.25) is 4.99 Å². The highest BCUT2D eigenvalue weighted by Crippen LogP contribution is 2.22. The van der Waals surface area contributed by atoms with Crippen LogP contribution < -0.4 is 4.74 Å². The van der Waals surface area contributed by atoms with Crippen molar-refractivity contribution in [2.75, 3.05) is 7.11 Å². The number of methoxy groups -OCH3 is 1. The number of hydrogen-bond acceptors (Lipinski definition) is 3. The van der Waals surface area contributed by atoms with Gasteiger partial charge in [0.2, 0.25) is 0 Å². The molecule has 0 bridgehead atoms. The Kier molecular flexibility index (Phi) is 4.17. The van der Waals surface area contributed by atoms with Crippen molar-refractivity contribution in [3.63, 3.8) is 0 Å². The highest BCUT2D eigenvalue weighted by atomic mass is 32.1. The molecule has 0 N–H and O–H groups in total. The quantitative estimate of drug-likeness (QED) is 0.649. The van der Waals surface area contributed by atoms with E-state index in [-0.39, 0.29) is 0 Å². The molecule has 3 rings (SSSR count). The van der Waals surface area contributed by atoms with Crippen LogP contribution in [0, 0.1) is 0 Å². The van der Waals surface area contributed by atoms with E-state index in [1.807, 2.05) is 42.6 Å². The van der Waals surface area contributed by atoms with Gasteiger partial charge in [0.1, 0.15) is 5.75 Å². The first-order valence-electron chi connectivity index (χ1n) is 6.70. The van der Waals surface area contributed by atoms with Crippen molar-refractivity contribution >= 4 is 17.6 Å². The molecule has 3 aromatic rings. The fourth-order valence-corrected chi connectivity index (χ4v) is 2.94. The van der Waals surface area contributed by atoms with Crippen molar-refractivity contribution in [3.8, 4) is 11.4 Å². The minimum atomic E-state index is 0.683. The Labute approximate surface area is 128 Å². The maximum Gasteiger partial charge on any atom is 0.119 e. The smallest absolute Gasteiger partial charge is 0.119 e. The van der Waals surface area contributed by atoms with Gasteiger partial charge in [0.05, 0.1) is 19.3 Å². The molecule has 3 nitrogen and oxygen atoms in total. The van der Waals surface area contributed by atoms with Crippen molar-refractivity contribution in [1.82, 2.24) is 4.57 Å². The van der Waals surface area contributed by atoms with Crippen molar-refractivity contribution in [2.45, 2.75) is 6.54 Å². The Bertz CT molecular complexity index is 729. The van der Waals surface area contributed by atoms with Crippen LogP contribution in [-0.4, -0.2) is 17.9 Å². The molecule has 0 aliphatic rings. The molecule has 4 heteroatoms. The normalized spacial score (nSPS) is 11.1. The maximum absolute atomic E-state index is 5.21. The van der Waals surface area contributed by atoms with E-state index in [0.29, 0.717) is 6.54 Å². The monoisotopic (exact) mass is 296 g/mol. The zero-order valence-electron chi connectivity index (χ0n) is 11.8. The highest BCUT2D eigenvalue weighted by molar-refractivity contribution is 7.10. The summed E-state index contributed by atoms with van der Waals surface area (Å²) in [7, 11) is 1.67. The van der Waals surface area contributed by atoms with E-state index in [9.17, 15) is 0 Å². The number of hydrogen-bond donors (Lipinski definition) is 0. The van der Waals surface area contributed by atoms with Gasteiger partial charge >= 0.3 is 0 Å². The number of thiophene rings is 1. The third-order valence-electron chi connectivity index (χ3n) is 3.17. The van der Waals surface area contributed by atoms with Gasteiger partial charge in [0, 0.05) is 23.5 Å². The predicted octanol–water partition coefficient (Wildman–Crippen LogP) is 4.17. The molecule has 0 radical (unpaired) electrons. The van der Waals surface area contributed by atoms with Crippen LogP contribution in [0.3, 0.4) is 0 Å². The van der Waals surface area contributed by atoms with Crippen LogP contribution >= 0.6 is 11.3 Å². The molecule has 0 aliphatic heterocycles. The predicted molar refractivity (Wildman–Crippen MR) is 87.9 cm³/mol. The number of aliphatic imine (C=N–C) groups is 1. The van der Waals surface area contributed by atoms with Crippen molar-refractivity contribution in [1.29, 1.82) is 0 Å². The van der Waals surface area contributed by atoms with E-state index in [1.54, 1.807) is 18.4 Å². The van der Waals surface area contributed by atoms with Gasteiger partial charge in [0.25, 0.3) is 0 Å². The molecule has 0 aliphatic carbocycles. The lowest BCUT2D eigenvalue weighted by molar-refractivity contribution is 0.415. The van der Waals surface area contributed by atoms with E-state index in [0.717, 1.165) is 11.3 Å². The van der Waals surface area contributed by atoms with Gasteiger partial charge in [0.15, 0.2) is 0 Å². The van der Waals surface area contributed by atoms with Crippen LogP contribution in [0.15, 0.2) is 65.2 Å². The Morgan fingerprint density at radius 2 is 2.05 bits per heavy atom. The van der Waals surface area contributed by atoms with Crippen LogP contribution in [-0.2, 0) is 6.54 Å². The minimum absolute atomic E-state index is 0.683. The molecule has 2 aromatic heterocycles. The van der Waals surface area contributed by atoms with Crippen LogP contribution in [0.4, 0.5) is 0 Å². The van der Waals surface area contributed by atoms with Gasteiger partial charge < -0.3 is 9.30 Å². The zero-order valence-corrected chi connectivity index (χ0v) is 12.6. The summed E-state index contributed by atoms with van der Waals surface area (Å²) in [6.45, 7) is 0.683. The summed E-state index contributed by atoms with van der Waals surface area (Å²) in [5.41, 5.74) is 2.25. The molecule has 0 saturated carbocycles. The van der Waals surface area contributed by atoms with Crippen LogP contribution in [0.2, 0.25) is 0 Å². The van der Waals surface area contributed by atoms with Gasteiger partial charge in [-0.25, -0.2) is 0 Å². The Morgan fingerprint density at radius 1 is 1.19 bits per heavy atom. The highest BCUT2D eigenvalue weighted by Gasteiger charge is 2.04. The summed E-state index contributed by atoms with van der Waals surface area (Å²) in [5.74, 6) is 0.850. The van der Waals surface area contributed by atoms with Crippen LogP contribution in [0.1, 0.15) is 10.4 Å². The minimum Gasteiger partial charge on any atom is -0.497 e. The van der Waals surface area contributed by atoms with E-state index in [2.05, 4.69) is 33.4 Å². The standard InChI is InChI=1S/C17H16N2OS/c1-20-15-6-4-5-14(11-15)12-18-13-17-16(7-10-21-17)19-8-2-3-9-19/h2-12H,13H2,1H3. The van der Waals surface area contributed by atoms with Crippen LogP contribution in [0.5, 0.6) is 5.75 Å². The topological polar surface area (TPSA) is 26.5 Å². The molecule has 0 fully saturated rings. The molecule has 21 heavy (non-hydrogen) atoms. The second-order valence-corrected chi connectivity index (χ2v) is 5.57. The number of aromatic nitrogens is 1. The summed E-state index contributed by atoms with van der Waals surface area (Å²) in [5, 5.41) is 2.10. The average Bonchev–Trinajstić information content (AvgIpc) is 3.18. The fraction of sp³-hybridized carbons (Fsp3) is 0.118. The van der Waals surface area contributed by atoms with E-state index >= 15 is 0 Å². The number of nitrogens with zero attached hydrogens (tertiary/aromatic N) is 2. The summed E-state index contributed by atoms with van der Waals surface area (Å²) < 4.78 is 7.33. The second kappa shape index (κ2) is 6.41. The molecule has 2 heterocycles. The second-order valence-electron chi connectivity index (χ2n) is 4.57. The molecular weight excluding hydrogens is 280 g/mol. The summed E-state index contributed by atoms with van der Waals surface area (Å²) >= 11 is 1.73. The third-order valence-corrected chi connectivity index (χ3v) is 4.07. The van der Waals surface area contributed by atoms with Gasteiger partial charge in [-0.1, -0.05) is 12.1 Å². The SMILES string of the molecule is COc1cccc(C=NCc2sccc2-n2cccc2)c1. The Hall–Kier alpha value is -2.33. The first-order chi connectivity index (χ1) is 10.4. The first-order valence-corrected chi connectivity index (χ1v) is 7.58. The third kappa shape index (κ3) is 3.23. The molecule has 0 unspecified atom stereocenters. The molecule has 106 valence electrons.